The molecule has 1 heterocycles. The highest BCUT2D eigenvalue weighted by atomic mass is 79.9. The summed E-state index contributed by atoms with van der Waals surface area (Å²) in [4.78, 5) is 32.3. The van der Waals surface area contributed by atoms with Crippen molar-refractivity contribution < 1.29 is 24.2 Å². The van der Waals surface area contributed by atoms with Gasteiger partial charge in [0.2, 0.25) is 0 Å². The minimum absolute atomic E-state index is 0.0248. The maximum Gasteiger partial charge on any atom is 0.341 e. The number of ether oxygens (including phenoxy) is 2. The highest BCUT2D eigenvalue weighted by molar-refractivity contribution is 9.10. The zero-order valence-corrected chi connectivity index (χ0v) is 22.5. The Morgan fingerprint density at radius 3 is 2.49 bits per heavy atom. The Kier molecular flexibility index (Phi) is 9.16. The van der Waals surface area contributed by atoms with E-state index in [9.17, 15) is 9.59 Å². The standard InChI is InChI=1S/C26H33BrN2O5S/c1-2-33-21-14-17(13-20(27)24(21)34-16-23(30)31)15-22-25(32)29(19-11-7-4-8-12-19)26(35-22)28-18-9-5-3-6-10-18/h13-15,18-19H,2-12,16H2,1H3,(H,30,31). The predicted octanol–water partition coefficient (Wildman–Crippen LogP) is 6.25. The number of thioether (sulfide) groups is 1. The molecule has 35 heavy (non-hydrogen) atoms. The van der Waals surface area contributed by atoms with Gasteiger partial charge in [0.25, 0.3) is 5.91 Å². The van der Waals surface area contributed by atoms with Gasteiger partial charge in [0.05, 0.1) is 22.0 Å². The lowest BCUT2D eigenvalue weighted by Gasteiger charge is -2.31. The van der Waals surface area contributed by atoms with E-state index in [-0.39, 0.29) is 11.9 Å². The van der Waals surface area contributed by atoms with Crippen LogP contribution in [-0.2, 0) is 9.59 Å². The van der Waals surface area contributed by atoms with Gasteiger partial charge in [0.1, 0.15) is 0 Å². The van der Waals surface area contributed by atoms with Crippen LogP contribution >= 0.6 is 27.7 Å². The SMILES string of the molecule is CCOc1cc(C=C2SC(=NC3CCCCC3)N(C3CCCCC3)C2=O)cc(Br)c1OCC(=O)O. The summed E-state index contributed by atoms with van der Waals surface area (Å²) in [6.45, 7) is 1.79. The number of amidine groups is 1. The van der Waals surface area contributed by atoms with Crippen molar-refractivity contribution in [3.63, 3.8) is 0 Å². The molecule has 2 aliphatic carbocycles. The predicted molar refractivity (Wildman–Crippen MR) is 142 cm³/mol. The zero-order valence-electron chi connectivity index (χ0n) is 20.1. The van der Waals surface area contributed by atoms with Crippen LogP contribution in [0.25, 0.3) is 6.08 Å². The molecule has 1 saturated heterocycles. The molecule has 0 aromatic heterocycles. The summed E-state index contributed by atoms with van der Waals surface area (Å²) in [6.07, 6.45) is 13.3. The molecule has 0 bridgehead atoms. The Hall–Kier alpha value is -2.00. The summed E-state index contributed by atoms with van der Waals surface area (Å²) >= 11 is 4.96. The van der Waals surface area contributed by atoms with Crippen LogP contribution < -0.4 is 9.47 Å². The number of amides is 1. The van der Waals surface area contributed by atoms with Crippen molar-refractivity contribution in [3.05, 3.63) is 27.1 Å². The fraction of sp³-hybridized carbons (Fsp3) is 0.577. The fourth-order valence-electron chi connectivity index (χ4n) is 4.96. The Balaban J connectivity index is 1.64. The monoisotopic (exact) mass is 564 g/mol. The molecule has 0 atom stereocenters. The lowest BCUT2D eigenvalue weighted by molar-refractivity contribution is -0.139. The minimum Gasteiger partial charge on any atom is -0.490 e. The van der Waals surface area contributed by atoms with Gasteiger partial charge < -0.3 is 14.6 Å². The third-order valence-corrected chi connectivity index (χ3v) is 8.20. The number of nitrogens with zero attached hydrogens (tertiary/aromatic N) is 2. The highest BCUT2D eigenvalue weighted by Crippen LogP contribution is 2.41. The molecule has 9 heteroatoms. The third kappa shape index (κ3) is 6.61. The smallest absolute Gasteiger partial charge is 0.341 e. The van der Waals surface area contributed by atoms with E-state index in [0.717, 1.165) is 49.3 Å². The number of benzene rings is 1. The van der Waals surface area contributed by atoms with Crippen LogP contribution in [0.15, 0.2) is 26.5 Å². The molecular weight excluding hydrogens is 532 g/mol. The second kappa shape index (κ2) is 12.3. The topological polar surface area (TPSA) is 88.4 Å². The van der Waals surface area contributed by atoms with E-state index in [2.05, 4.69) is 15.9 Å². The van der Waals surface area contributed by atoms with E-state index >= 15 is 0 Å². The molecule has 1 aromatic rings. The number of carbonyl (C=O) groups is 2. The van der Waals surface area contributed by atoms with Crippen LogP contribution in [0, 0.1) is 0 Å². The van der Waals surface area contributed by atoms with E-state index in [1.54, 1.807) is 6.07 Å². The molecule has 0 unspecified atom stereocenters. The average Bonchev–Trinajstić information content (AvgIpc) is 3.14. The van der Waals surface area contributed by atoms with Crippen molar-refractivity contribution >= 4 is 50.8 Å². The summed E-state index contributed by atoms with van der Waals surface area (Å²) in [6, 6.07) is 4.12. The van der Waals surface area contributed by atoms with Gasteiger partial charge in [-0.3, -0.25) is 14.7 Å². The van der Waals surface area contributed by atoms with E-state index in [0.29, 0.717) is 33.5 Å². The molecule has 1 aliphatic heterocycles. The largest absolute Gasteiger partial charge is 0.490 e. The Bertz CT molecular complexity index is 1000. The normalized spacial score (nSPS) is 22.2. The molecule has 0 radical (unpaired) electrons. The second-order valence-corrected chi connectivity index (χ2v) is 11.1. The van der Waals surface area contributed by atoms with Gasteiger partial charge in [-0.2, -0.15) is 0 Å². The van der Waals surface area contributed by atoms with E-state index in [1.807, 2.05) is 24.0 Å². The Morgan fingerprint density at radius 2 is 1.83 bits per heavy atom. The quantitative estimate of drug-likeness (QED) is 0.375. The first-order valence-electron chi connectivity index (χ1n) is 12.6. The van der Waals surface area contributed by atoms with Gasteiger partial charge >= 0.3 is 5.97 Å². The number of aliphatic imine (C=N–C) groups is 1. The highest BCUT2D eigenvalue weighted by Gasteiger charge is 2.39. The summed E-state index contributed by atoms with van der Waals surface area (Å²) in [5.41, 5.74) is 0.779. The number of hydrogen-bond donors (Lipinski definition) is 1. The molecule has 1 aromatic carbocycles. The maximum absolute atomic E-state index is 13.6. The zero-order chi connectivity index (χ0) is 24.8. The molecule has 3 aliphatic rings. The van der Waals surface area contributed by atoms with E-state index in [4.69, 9.17) is 19.6 Å². The minimum atomic E-state index is -1.06. The summed E-state index contributed by atoms with van der Waals surface area (Å²) < 4.78 is 11.7. The van der Waals surface area contributed by atoms with Gasteiger partial charge in [0.15, 0.2) is 23.3 Å². The number of aliphatic carboxylic acids is 1. The first-order valence-corrected chi connectivity index (χ1v) is 14.2. The van der Waals surface area contributed by atoms with Crippen LogP contribution in [-0.4, -0.2) is 52.3 Å². The first-order chi connectivity index (χ1) is 17.0. The third-order valence-electron chi connectivity index (χ3n) is 6.61. The molecule has 1 amide bonds. The average molecular weight is 566 g/mol. The summed E-state index contributed by atoms with van der Waals surface area (Å²) in [5.74, 6) is -0.265. The van der Waals surface area contributed by atoms with Crippen molar-refractivity contribution in [2.24, 2.45) is 4.99 Å². The van der Waals surface area contributed by atoms with Crippen LogP contribution in [0.3, 0.4) is 0 Å². The molecule has 190 valence electrons. The molecular formula is C26H33BrN2O5S. The summed E-state index contributed by atoms with van der Waals surface area (Å²) in [5, 5.41) is 9.84. The van der Waals surface area contributed by atoms with Crippen LogP contribution in [0.4, 0.5) is 0 Å². The van der Waals surface area contributed by atoms with Gasteiger partial charge in [-0.1, -0.05) is 38.5 Å². The number of carboxylic acids is 1. The number of rotatable bonds is 8. The van der Waals surface area contributed by atoms with E-state index < -0.39 is 12.6 Å². The summed E-state index contributed by atoms with van der Waals surface area (Å²) in [7, 11) is 0. The maximum atomic E-state index is 13.6. The number of carboxylic acid groups (broad SMARTS) is 1. The van der Waals surface area contributed by atoms with Crippen LogP contribution in [0.2, 0.25) is 0 Å². The van der Waals surface area contributed by atoms with Crippen LogP contribution in [0.5, 0.6) is 11.5 Å². The Labute approximate surface area is 219 Å². The number of hydrogen-bond acceptors (Lipinski definition) is 6. The first kappa shape index (κ1) is 26.1. The Morgan fingerprint density at radius 1 is 1.14 bits per heavy atom. The molecule has 2 saturated carbocycles. The fourth-order valence-corrected chi connectivity index (χ4v) is 6.65. The molecule has 1 N–H and O–H groups in total. The molecule has 7 nitrogen and oxygen atoms in total. The molecule has 0 spiro atoms. The van der Waals surface area contributed by atoms with E-state index in [1.165, 1.54) is 37.4 Å². The van der Waals surface area contributed by atoms with Gasteiger partial charge in [-0.15, -0.1) is 0 Å². The van der Waals surface area contributed by atoms with Crippen molar-refractivity contribution in [2.75, 3.05) is 13.2 Å². The van der Waals surface area contributed by atoms with Crippen molar-refractivity contribution in [1.82, 2.24) is 4.90 Å². The lowest BCUT2D eigenvalue weighted by atomic mass is 9.94. The van der Waals surface area contributed by atoms with Gasteiger partial charge in [-0.25, -0.2) is 4.79 Å². The van der Waals surface area contributed by atoms with Crippen molar-refractivity contribution in [2.45, 2.75) is 83.2 Å². The number of halogens is 1. The van der Waals surface area contributed by atoms with Crippen LogP contribution in [0.1, 0.15) is 76.7 Å². The van der Waals surface area contributed by atoms with Crippen molar-refractivity contribution in [3.8, 4) is 11.5 Å². The van der Waals surface area contributed by atoms with Gasteiger partial charge in [0, 0.05) is 6.04 Å². The molecule has 3 fully saturated rings. The van der Waals surface area contributed by atoms with Crippen molar-refractivity contribution in [1.29, 1.82) is 0 Å². The van der Waals surface area contributed by atoms with Gasteiger partial charge in [-0.05, 0) is 84.1 Å². The lowest BCUT2D eigenvalue weighted by Crippen LogP contribution is -2.41. The second-order valence-electron chi connectivity index (χ2n) is 9.23. The molecule has 4 rings (SSSR count). The number of carbonyl (C=O) groups excluding carboxylic acids is 1.